The average molecular weight is 444 g/mol. The van der Waals surface area contributed by atoms with Gasteiger partial charge >= 0.3 is 18.2 Å². The third-order valence-corrected chi connectivity index (χ3v) is 5.95. The molecule has 3 aliphatic rings. The number of fused-ring (bicyclic) bond motifs is 1. The number of pyridine rings is 1. The summed E-state index contributed by atoms with van der Waals surface area (Å²) in [7, 11) is 0. The van der Waals surface area contributed by atoms with Gasteiger partial charge in [-0.25, -0.2) is 9.59 Å². The van der Waals surface area contributed by atoms with Crippen LogP contribution in [0.4, 0.5) is 18.0 Å². The van der Waals surface area contributed by atoms with Gasteiger partial charge in [0.1, 0.15) is 0 Å². The van der Waals surface area contributed by atoms with Crippen molar-refractivity contribution in [2.75, 3.05) is 45.9 Å². The summed E-state index contributed by atoms with van der Waals surface area (Å²) in [6, 6.07) is 4.21. The van der Waals surface area contributed by atoms with Gasteiger partial charge in [0.25, 0.3) is 0 Å². The topological polar surface area (TPSA) is 95.0 Å². The zero-order valence-electron chi connectivity index (χ0n) is 17.1. The van der Waals surface area contributed by atoms with Crippen LogP contribution in [0.1, 0.15) is 18.4 Å². The number of amides is 2. The van der Waals surface area contributed by atoms with Crippen LogP contribution in [0.5, 0.6) is 0 Å². The zero-order valence-corrected chi connectivity index (χ0v) is 17.1. The number of aliphatic carboxylic acids is 1. The number of carbonyl (C=O) groups is 2. The minimum atomic E-state index is -5.08. The third-order valence-electron chi connectivity index (χ3n) is 5.95. The van der Waals surface area contributed by atoms with Crippen LogP contribution in [0.3, 0.4) is 0 Å². The second-order valence-corrected chi connectivity index (χ2v) is 8.26. The van der Waals surface area contributed by atoms with Gasteiger partial charge in [-0.1, -0.05) is 6.07 Å². The molecule has 0 unspecified atom stereocenters. The molecule has 3 aliphatic heterocycles. The highest BCUT2D eigenvalue weighted by atomic mass is 19.4. The maximum atomic E-state index is 12.3. The fourth-order valence-corrected chi connectivity index (χ4v) is 4.35. The quantitative estimate of drug-likeness (QED) is 0.738. The summed E-state index contributed by atoms with van der Waals surface area (Å²) in [5.74, 6) is -2.25. The van der Waals surface area contributed by atoms with Crippen LogP contribution in [0, 0.1) is 11.3 Å². The number of carboxylic acids is 1. The van der Waals surface area contributed by atoms with Gasteiger partial charge in [0.15, 0.2) is 0 Å². The molecule has 0 aromatic carbocycles. The van der Waals surface area contributed by atoms with Crippen molar-refractivity contribution >= 4 is 12.0 Å². The molecule has 2 amide bonds. The van der Waals surface area contributed by atoms with Crippen LogP contribution < -0.4 is 5.32 Å². The molecule has 31 heavy (non-hydrogen) atoms. The predicted molar refractivity (Wildman–Crippen MR) is 104 cm³/mol. The van der Waals surface area contributed by atoms with Gasteiger partial charge in [0.2, 0.25) is 0 Å². The van der Waals surface area contributed by atoms with Crippen LogP contribution in [-0.4, -0.2) is 84.0 Å². The zero-order chi connectivity index (χ0) is 22.5. The lowest BCUT2D eigenvalue weighted by Crippen LogP contribution is -2.47. The van der Waals surface area contributed by atoms with E-state index in [0.29, 0.717) is 5.92 Å². The van der Waals surface area contributed by atoms with Gasteiger partial charge in [-0.2, -0.15) is 13.2 Å². The number of rotatable bonds is 4. The predicted octanol–water partition coefficient (Wildman–Crippen LogP) is 1.97. The fraction of sp³-hybridized carbons (Fsp3) is 0.650. The number of halogens is 3. The molecule has 4 rings (SSSR count). The highest BCUT2D eigenvalue weighted by Gasteiger charge is 2.50. The first-order valence-corrected chi connectivity index (χ1v) is 10.2. The van der Waals surface area contributed by atoms with E-state index in [1.54, 1.807) is 0 Å². The number of likely N-dealkylation sites (tertiary alicyclic amines) is 2. The van der Waals surface area contributed by atoms with E-state index in [9.17, 15) is 18.0 Å². The standard InChI is InChI=1S/C18H26N4O2.C2HF3O2/c23-17(22-6-1-2-7-22)20-12-18-13-21(10-16(18)11-24-14-18)9-15-4-3-5-19-8-15;3-2(4,5)1(6)7/h3-5,8,16H,1-2,6-7,9-14H2,(H,20,23);(H,6,7)/t16-,18+;/m1./s1. The molecule has 0 radical (unpaired) electrons. The van der Waals surface area contributed by atoms with Crippen molar-refractivity contribution in [1.82, 2.24) is 20.1 Å². The van der Waals surface area contributed by atoms with E-state index >= 15 is 0 Å². The molecule has 0 spiro atoms. The smallest absolute Gasteiger partial charge is 0.475 e. The summed E-state index contributed by atoms with van der Waals surface area (Å²) >= 11 is 0. The SMILES string of the molecule is O=C(NC[C@]12COC[C@H]1CN(Cc1cccnc1)C2)N1CCCC1.O=C(O)C(F)(F)F. The summed E-state index contributed by atoms with van der Waals surface area (Å²) < 4.78 is 37.5. The summed E-state index contributed by atoms with van der Waals surface area (Å²) in [5.41, 5.74) is 1.31. The minimum absolute atomic E-state index is 0.0671. The number of alkyl halides is 3. The Hall–Kier alpha value is -2.40. The highest BCUT2D eigenvalue weighted by Crippen LogP contribution is 2.41. The van der Waals surface area contributed by atoms with Crippen LogP contribution >= 0.6 is 0 Å². The van der Waals surface area contributed by atoms with E-state index in [4.69, 9.17) is 14.6 Å². The van der Waals surface area contributed by atoms with E-state index in [1.165, 1.54) is 5.56 Å². The molecule has 4 heterocycles. The van der Waals surface area contributed by atoms with E-state index in [1.807, 2.05) is 23.4 Å². The Morgan fingerprint density at radius 1 is 1.32 bits per heavy atom. The fourth-order valence-electron chi connectivity index (χ4n) is 4.35. The Kier molecular flexibility index (Phi) is 7.37. The summed E-state index contributed by atoms with van der Waals surface area (Å²) in [4.78, 5) is 29.8. The number of urea groups is 1. The number of aromatic nitrogens is 1. The summed E-state index contributed by atoms with van der Waals surface area (Å²) in [6.07, 6.45) is 0.921. The molecule has 0 bridgehead atoms. The number of carboxylic acid groups (broad SMARTS) is 1. The van der Waals surface area contributed by atoms with Crippen LogP contribution in [0.2, 0.25) is 0 Å². The molecule has 172 valence electrons. The average Bonchev–Trinajstić information content (AvgIpc) is 3.43. The van der Waals surface area contributed by atoms with E-state index in [0.717, 1.165) is 65.3 Å². The number of hydrogen-bond acceptors (Lipinski definition) is 5. The monoisotopic (exact) mass is 444 g/mol. The van der Waals surface area contributed by atoms with Crippen LogP contribution in [0.25, 0.3) is 0 Å². The molecule has 1 aromatic rings. The van der Waals surface area contributed by atoms with Crippen molar-refractivity contribution in [3.8, 4) is 0 Å². The number of hydrogen-bond donors (Lipinski definition) is 2. The van der Waals surface area contributed by atoms with Crippen molar-refractivity contribution in [3.63, 3.8) is 0 Å². The van der Waals surface area contributed by atoms with Gasteiger partial charge in [-0.3, -0.25) is 9.88 Å². The summed E-state index contributed by atoms with van der Waals surface area (Å²) in [5, 5.41) is 10.3. The lowest BCUT2D eigenvalue weighted by molar-refractivity contribution is -0.192. The second kappa shape index (κ2) is 9.82. The van der Waals surface area contributed by atoms with Crippen molar-refractivity contribution in [1.29, 1.82) is 0 Å². The maximum absolute atomic E-state index is 12.3. The number of nitrogens with one attached hydrogen (secondary N) is 1. The van der Waals surface area contributed by atoms with Crippen LogP contribution in [0.15, 0.2) is 24.5 Å². The van der Waals surface area contributed by atoms with E-state index in [2.05, 4.69) is 21.3 Å². The van der Waals surface area contributed by atoms with E-state index < -0.39 is 12.1 Å². The summed E-state index contributed by atoms with van der Waals surface area (Å²) in [6.45, 7) is 7.01. The Balaban J connectivity index is 0.000000339. The normalized spacial score (nSPS) is 25.6. The Labute approximate surface area is 178 Å². The van der Waals surface area contributed by atoms with Crippen molar-refractivity contribution in [2.24, 2.45) is 11.3 Å². The molecular formula is C20H27F3N4O4. The second-order valence-electron chi connectivity index (χ2n) is 8.26. The van der Waals surface area contributed by atoms with Crippen LogP contribution in [-0.2, 0) is 16.1 Å². The van der Waals surface area contributed by atoms with Gasteiger partial charge in [-0.05, 0) is 24.5 Å². The van der Waals surface area contributed by atoms with E-state index in [-0.39, 0.29) is 11.4 Å². The number of nitrogens with zero attached hydrogens (tertiary/aromatic N) is 3. The molecule has 3 fully saturated rings. The largest absolute Gasteiger partial charge is 0.490 e. The molecule has 1 aromatic heterocycles. The Bertz CT molecular complexity index is 759. The van der Waals surface area contributed by atoms with Crippen molar-refractivity contribution in [3.05, 3.63) is 30.1 Å². The van der Waals surface area contributed by atoms with Gasteiger partial charge in [-0.15, -0.1) is 0 Å². The molecule has 3 saturated heterocycles. The first-order chi connectivity index (χ1) is 14.7. The van der Waals surface area contributed by atoms with Crippen molar-refractivity contribution in [2.45, 2.75) is 25.6 Å². The lowest BCUT2D eigenvalue weighted by Gasteiger charge is -2.29. The molecule has 2 atom stereocenters. The third kappa shape index (κ3) is 6.07. The van der Waals surface area contributed by atoms with Gasteiger partial charge < -0.3 is 20.1 Å². The molecular weight excluding hydrogens is 417 g/mol. The maximum Gasteiger partial charge on any atom is 0.490 e. The molecule has 8 nitrogen and oxygen atoms in total. The Morgan fingerprint density at radius 2 is 2.03 bits per heavy atom. The molecule has 11 heteroatoms. The first kappa shape index (κ1) is 23.3. The van der Waals surface area contributed by atoms with Gasteiger partial charge in [0.05, 0.1) is 13.2 Å². The number of ether oxygens (including phenoxy) is 1. The molecule has 0 saturated carbocycles. The van der Waals surface area contributed by atoms with Gasteiger partial charge in [0, 0.05) is 63.0 Å². The number of carbonyl (C=O) groups excluding carboxylic acids is 1. The minimum Gasteiger partial charge on any atom is -0.475 e. The Morgan fingerprint density at radius 3 is 2.65 bits per heavy atom. The lowest BCUT2D eigenvalue weighted by atomic mass is 9.81. The van der Waals surface area contributed by atoms with Crippen molar-refractivity contribution < 1.29 is 32.6 Å². The molecule has 2 N–H and O–H groups in total. The first-order valence-electron chi connectivity index (χ1n) is 10.2. The highest BCUT2D eigenvalue weighted by molar-refractivity contribution is 5.74. The molecule has 0 aliphatic carbocycles.